The van der Waals surface area contributed by atoms with Crippen LogP contribution in [-0.4, -0.2) is 12.0 Å². The van der Waals surface area contributed by atoms with E-state index in [2.05, 4.69) is 22.6 Å². The minimum absolute atomic E-state index is 0.0109. The molecule has 0 aliphatic rings. The molecule has 0 saturated heterocycles. The van der Waals surface area contributed by atoms with Gasteiger partial charge in [0.05, 0.1) is 0 Å². The van der Waals surface area contributed by atoms with E-state index in [0.717, 1.165) is 14.0 Å². The maximum absolute atomic E-state index is 11.2. The van der Waals surface area contributed by atoms with Crippen LogP contribution in [0.1, 0.15) is 17.9 Å². The van der Waals surface area contributed by atoms with Gasteiger partial charge >= 0.3 is 0 Å². The summed E-state index contributed by atoms with van der Waals surface area (Å²) in [6, 6.07) is 5.93. The molecule has 4 heteroatoms. The highest BCUT2D eigenvalue weighted by Crippen LogP contribution is 2.31. The SMILES string of the molecule is CSc1cc(I)ccc1C(Cl)C(C)=O. The minimum Gasteiger partial charge on any atom is -0.298 e. The first-order valence-electron chi connectivity index (χ1n) is 4.04. The molecule has 1 nitrogen and oxygen atoms in total. The molecule has 1 aromatic rings. The van der Waals surface area contributed by atoms with E-state index in [4.69, 9.17) is 11.6 Å². The fraction of sp³-hybridized carbons (Fsp3) is 0.300. The van der Waals surface area contributed by atoms with Crippen molar-refractivity contribution < 1.29 is 4.79 Å². The van der Waals surface area contributed by atoms with Gasteiger partial charge in [-0.1, -0.05) is 6.07 Å². The Morgan fingerprint density at radius 2 is 2.21 bits per heavy atom. The highest BCUT2D eigenvalue weighted by Gasteiger charge is 2.16. The second-order valence-electron chi connectivity index (χ2n) is 2.86. The highest BCUT2D eigenvalue weighted by atomic mass is 127. The predicted octanol–water partition coefficient (Wildman–Crippen LogP) is 3.88. The molecule has 1 rings (SSSR count). The van der Waals surface area contributed by atoms with Gasteiger partial charge in [-0.05, 0) is 53.5 Å². The van der Waals surface area contributed by atoms with Gasteiger partial charge in [-0.3, -0.25) is 4.79 Å². The molecule has 0 aliphatic heterocycles. The summed E-state index contributed by atoms with van der Waals surface area (Å²) in [5.41, 5.74) is 0.909. The maximum Gasteiger partial charge on any atom is 0.152 e. The molecule has 0 bridgehead atoms. The lowest BCUT2D eigenvalue weighted by Crippen LogP contribution is -2.03. The first-order chi connectivity index (χ1) is 6.56. The summed E-state index contributed by atoms with van der Waals surface area (Å²) in [6.07, 6.45) is 1.98. The topological polar surface area (TPSA) is 17.1 Å². The van der Waals surface area contributed by atoms with Crippen LogP contribution in [0.2, 0.25) is 0 Å². The number of alkyl halides is 1. The van der Waals surface area contributed by atoms with Crippen molar-refractivity contribution in [1.82, 2.24) is 0 Å². The quantitative estimate of drug-likeness (QED) is 0.472. The van der Waals surface area contributed by atoms with Crippen LogP contribution in [-0.2, 0) is 4.79 Å². The Labute approximate surface area is 107 Å². The van der Waals surface area contributed by atoms with Crippen molar-refractivity contribution in [2.24, 2.45) is 0 Å². The number of hydrogen-bond acceptors (Lipinski definition) is 2. The molecule has 14 heavy (non-hydrogen) atoms. The summed E-state index contributed by atoms with van der Waals surface area (Å²) in [4.78, 5) is 12.2. The Kier molecular flexibility index (Phi) is 4.73. The van der Waals surface area contributed by atoms with Crippen molar-refractivity contribution in [3.05, 3.63) is 27.3 Å². The van der Waals surface area contributed by atoms with E-state index in [0.29, 0.717) is 0 Å². The first-order valence-corrected chi connectivity index (χ1v) is 6.78. The first kappa shape index (κ1) is 12.3. The molecule has 0 aliphatic carbocycles. The number of halogens is 2. The molecule has 1 aromatic carbocycles. The van der Waals surface area contributed by atoms with Crippen LogP contribution in [0.15, 0.2) is 23.1 Å². The summed E-state index contributed by atoms with van der Waals surface area (Å²) in [5, 5.41) is -0.519. The molecule has 0 N–H and O–H groups in total. The largest absolute Gasteiger partial charge is 0.298 e. The summed E-state index contributed by atoms with van der Waals surface area (Å²) < 4.78 is 1.16. The maximum atomic E-state index is 11.2. The number of thioether (sulfide) groups is 1. The van der Waals surface area contributed by atoms with E-state index in [-0.39, 0.29) is 5.78 Å². The van der Waals surface area contributed by atoms with E-state index in [1.165, 1.54) is 6.92 Å². The second-order valence-corrected chi connectivity index (χ2v) is 5.39. The van der Waals surface area contributed by atoms with E-state index in [1.807, 2.05) is 24.5 Å². The normalized spacial score (nSPS) is 12.6. The van der Waals surface area contributed by atoms with Crippen LogP contribution < -0.4 is 0 Å². The van der Waals surface area contributed by atoms with Crippen LogP contribution in [0.3, 0.4) is 0 Å². The van der Waals surface area contributed by atoms with Gasteiger partial charge in [0, 0.05) is 8.47 Å². The number of ketones is 1. The average Bonchev–Trinajstić information content (AvgIpc) is 2.16. The minimum atomic E-state index is -0.519. The molecule has 1 unspecified atom stereocenters. The molecule has 0 amide bonds. The fourth-order valence-corrected chi connectivity index (χ4v) is 2.74. The standard InChI is InChI=1S/C10H10ClIOS/c1-6(13)10(11)8-4-3-7(12)5-9(8)14-2/h3-5,10H,1-2H3. The summed E-state index contributed by atoms with van der Waals surface area (Å²) in [5.74, 6) is -0.0109. The Balaban J connectivity index is 3.13. The molecule has 0 fully saturated rings. The van der Waals surface area contributed by atoms with Crippen LogP contribution in [0.25, 0.3) is 0 Å². The van der Waals surface area contributed by atoms with Crippen LogP contribution in [0.5, 0.6) is 0 Å². The highest BCUT2D eigenvalue weighted by molar-refractivity contribution is 14.1. The lowest BCUT2D eigenvalue weighted by Gasteiger charge is -2.10. The zero-order valence-electron chi connectivity index (χ0n) is 7.88. The van der Waals surface area contributed by atoms with Gasteiger partial charge in [0.2, 0.25) is 0 Å². The van der Waals surface area contributed by atoms with Gasteiger partial charge in [0.1, 0.15) is 5.38 Å². The number of rotatable bonds is 3. The number of carbonyl (C=O) groups is 1. The Hall–Kier alpha value is 0.260. The van der Waals surface area contributed by atoms with Gasteiger partial charge in [0.15, 0.2) is 5.78 Å². The van der Waals surface area contributed by atoms with E-state index >= 15 is 0 Å². The molecule has 0 radical (unpaired) electrons. The average molecular weight is 341 g/mol. The van der Waals surface area contributed by atoms with Crippen molar-refractivity contribution in [3.8, 4) is 0 Å². The Bertz CT molecular complexity index is 354. The third kappa shape index (κ3) is 2.87. The molecule has 0 saturated carbocycles. The number of hydrogen-bond donors (Lipinski definition) is 0. The lowest BCUT2D eigenvalue weighted by atomic mass is 10.1. The molecule has 76 valence electrons. The predicted molar refractivity (Wildman–Crippen MR) is 70.2 cm³/mol. The van der Waals surface area contributed by atoms with Crippen LogP contribution >= 0.6 is 46.0 Å². The lowest BCUT2D eigenvalue weighted by molar-refractivity contribution is -0.116. The monoisotopic (exact) mass is 340 g/mol. The van der Waals surface area contributed by atoms with Crippen molar-refractivity contribution in [3.63, 3.8) is 0 Å². The van der Waals surface area contributed by atoms with E-state index in [1.54, 1.807) is 11.8 Å². The molecule has 0 aromatic heterocycles. The third-order valence-electron chi connectivity index (χ3n) is 1.83. The second kappa shape index (κ2) is 5.37. The number of benzene rings is 1. The smallest absolute Gasteiger partial charge is 0.152 e. The van der Waals surface area contributed by atoms with Crippen LogP contribution in [0.4, 0.5) is 0 Å². The summed E-state index contributed by atoms with van der Waals surface area (Å²) in [7, 11) is 0. The molecular weight excluding hydrogens is 331 g/mol. The van der Waals surface area contributed by atoms with Gasteiger partial charge < -0.3 is 0 Å². The van der Waals surface area contributed by atoms with Gasteiger partial charge in [-0.25, -0.2) is 0 Å². The van der Waals surface area contributed by atoms with Crippen molar-refractivity contribution in [2.45, 2.75) is 17.2 Å². The van der Waals surface area contributed by atoms with Crippen molar-refractivity contribution >= 4 is 51.7 Å². The Morgan fingerprint density at radius 3 is 2.71 bits per heavy atom. The third-order valence-corrected chi connectivity index (χ3v) is 3.83. The summed E-state index contributed by atoms with van der Waals surface area (Å²) in [6.45, 7) is 1.51. The zero-order valence-corrected chi connectivity index (χ0v) is 11.6. The number of Topliss-reactive ketones (excluding diaryl/α,β-unsaturated/α-hetero) is 1. The van der Waals surface area contributed by atoms with Crippen LogP contribution in [0, 0.1) is 3.57 Å². The zero-order chi connectivity index (χ0) is 10.7. The van der Waals surface area contributed by atoms with E-state index < -0.39 is 5.38 Å². The summed E-state index contributed by atoms with van der Waals surface area (Å²) >= 11 is 9.87. The van der Waals surface area contributed by atoms with Crippen molar-refractivity contribution in [2.75, 3.05) is 6.26 Å². The van der Waals surface area contributed by atoms with Gasteiger partial charge in [0.25, 0.3) is 0 Å². The molecule has 0 heterocycles. The molecular formula is C10H10ClIOS. The fourth-order valence-electron chi connectivity index (χ4n) is 1.11. The van der Waals surface area contributed by atoms with Crippen molar-refractivity contribution in [1.29, 1.82) is 0 Å². The molecule has 0 spiro atoms. The molecule has 1 atom stereocenters. The Morgan fingerprint density at radius 1 is 1.57 bits per heavy atom. The van der Waals surface area contributed by atoms with Gasteiger partial charge in [-0.2, -0.15) is 0 Å². The number of carbonyl (C=O) groups excluding carboxylic acids is 1. The van der Waals surface area contributed by atoms with Gasteiger partial charge in [-0.15, -0.1) is 23.4 Å². The van der Waals surface area contributed by atoms with E-state index in [9.17, 15) is 4.79 Å².